The van der Waals surface area contributed by atoms with Crippen molar-refractivity contribution in [3.05, 3.63) is 54.7 Å². The number of thioether (sulfide) groups is 1. The molecule has 1 aliphatic heterocycles. The minimum absolute atomic E-state index is 0.109. The number of hydrogen-bond acceptors (Lipinski definition) is 7. The van der Waals surface area contributed by atoms with Gasteiger partial charge in [-0.05, 0) is 18.2 Å². The second-order valence-corrected chi connectivity index (χ2v) is 7.35. The van der Waals surface area contributed by atoms with E-state index in [2.05, 4.69) is 15.0 Å². The summed E-state index contributed by atoms with van der Waals surface area (Å²) in [5, 5.41) is 0. The molecule has 1 aliphatic rings. The predicted octanol–water partition coefficient (Wildman–Crippen LogP) is 1.66. The molecule has 0 aliphatic carbocycles. The molecule has 4 rings (SSSR count). The minimum Gasteiger partial charge on any atom is -0.461 e. The quantitative estimate of drug-likeness (QED) is 0.598. The van der Waals surface area contributed by atoms with Crippen molar-refractivity contribution < 1.29 is 14.3 Å². The first kappa shape index (κ1) is 18.7. The number of fused-ring (bicyclic) bond motifs is 1. The van der Waals surface area contributed by atoms with Gasteiger partial charge in [0, 0.05) is 37.1 Å². The van der Waals surface area contributed by atoms with E-state index >= 15 is 0 Å². The maximum Gasteiger partial charge on any atom is 0.316 e. The summed E-state index contributed by atoms with van der Waals surface area (Å²) in [6.07, 6.45) is 7.05. The smallest absolute Gasteiger partial charge is 0.316 e. The summed E-state index contributed by atoms with van der Waals surface area (Å²) in [5.74, 6) is 1.23. The van der Waals surface area contributed by atoms with E-state index in [0.29, 0.717) is 43.8 Å². The third-order valence-corrected chi connectivity index (χ3v) is 5.27. The van der Waals surface area contributed by atoms with Crippen molar-refractivity contribution in [3.63, 3.8) is 0 Å². The average molecular weight is 399 g/mol. The van der Waals surface area contributed by atoms with Crippen LogP contribution in [0.15, 0.2) is 49.1 Å². The lowest BCUT2D eigenvalue weighted by molar-refractivity contribution is -0.137. The molecule has 28 heavy (non-hydrogen) atoms. The Morgan fingerprint density at radius 1 is 1.29 bits per heavy atom. The van der Waals surface area contributed by atoms with E-state index in [9.17, 15) is 4.79 Å². The van der Waals surface area contributed by atoms with E-state index in [4.69, 9.17) is 9.47 Å². The molecule has 0 radical (unpaired) electrons. The normalized spacial score (nSPS) is 17.0. The summed E-state index contributed by atoms with van der Waals surface area (Å²) in [5.41, 5.74) is 1.89. The van der Waals surface area contributed by atoms with Crippen molar-refractivity contribution >= 4 is 23.3 Å². The topological polar surface area (TPSA) is 81.9 Å². The second-order valence-electron chi connectivity index (χ2n) is 6.37. The third kappa shape index (κ3) is 4.79. The number of imidazole rings is 1. The molecule has 0 saturated carbocycles. The van der Waals surface area contributed by atoms with Crippen LogP contribution in [0.25, 0.3) is 5.65 Å². The highest BCUT2D eigenvalue weighted by Crippen LogP contribution is 2.15. The first-order chi connectivity index (χ1) is 13.8. The summed E-state index contributed by atoms with van der Waals surface area (Å²) in [7, 11) is 0. The first-order valence-electron chi connectivity index (χ1n) is 9.07. The van der Waals surface area contributed by atoms with Gasteiger partial charge in [-0.15, -0.1) is 11.8 Å². The van der Waals surface area contributed by atoms with Crippen LogP contribution in [0.5, 0.6) is 6.01 Å². The molecule has 4 heterocycles. The molecule has 0 bridgehead atoms. The van der Waals surface area contributed by atoms with E-state index in [0.717, 1.165) is 11.3 Å². The van der Waals surface area contributed by atoms with E-state index in [1.54, 1.807) is 30.2 Å². The number of amides is 1. The summed E-state index contributed by atoms with van der Waals surface area (Å²) < 4.78 is 13.2. The fraction of sp³-hybridized carbons (Fsp3) is 0.368. The fourth-order valence-corrected chi connectivity index (χ4v) is 3.77. The van der Waals surface area contributed by atoms with E-state index in [1.807, 2.05) is 39.9 Å². The van der Waals surface area contributed by atoms with Crippen molar-refractivity contribution in [3.8, 4) is 6.01 Å². The first-order valence-corrected chi connectivity index (χ1v) is 10.2. The molecule has 0 aromatic carbocycles. The number of pyridine rings is 1. The van der Waals surface area contributed by atoms with E-state index < -0.39 is 0 Å². The zero-order valence-electron chi connectivity index (χ0n) is 15.3. The van der Waals surface area contributed by atoms with Gasteiger partial charge in [0.1, 0.15) is 18.4 Å². The lowest BCUT2D eigenvalue weighted by atomic mass is 10.3. The highest BCUT2D eigenvalue weighted by molar-refractivity contribution is 7.99. The molecule has 146 valence electrons. The highest BCUT2D eigenvalue weighted by atomic mass is 32.2. The Morgan fingerprint density at radius 2 is 2.18 bits per heavy atom. The van der Waals surface area contributed by atoms with Gasteiger partial charge in [0.25, 0.3) is 0 Å². The zero-order valence-corrected chi connectivity index (χ0v) is 16.1. The molecular weight excluding hydrogens is 378 g/mol. The third-order valence-electron chi connectivity index (χ3n) is 4.32. The Morgan fingerprint density at radius 3 is 3.04 bits per heavy atom. The number of hydrogen-bond donors (Lipinski definition) is 0. The van der Waals surface area contributed by atoms with Crippen molar-refractivity contribution in [1.29, 1.82) is 0 Å². The lowest BCUT2D eigenvalue weighted by Gasteiger charge is -2.32. The molecule has 1 unspecified atom stereocenters. The van der Waals surface area contributed by atoms with Crippen LogP contribution in [0.2, 0.25) is 0 Å². The molecule has 0 N–H and O–H groups in total. The Bertz CT molecular complexity index is 887. The van der Waals surface area contributed by atoms with Crippen molar-refractivity contribution in [2.45, 2.75) is 11.9 Å². The highest BCUT2D eigenvalue weighted by Gasteiger charge is 2.24. The Labute approximate surface area is 166 Å². The van der Waals surface area contributed by atoms with Gasteiger partial charge in [-0.1, -0.05) is 6.07 Å². The van der Waals surface area contributed by atoms with Crippen LogP contribution >= 0.6 is 11.8 Å². The zero-order chi connectivity index (χ0) is 19.2. The lowest BCUT2D eigenvalue weighted by Crippen LogP contribution is -2.48. The van der Waals surface area contributed by atoms with Crippen molar-refractivity contribution in [2.24, 2.45) is 0 Å². The van der Waals surface area contributed by atoms with E-state index in [-0.39, 0.29) is 12.0 Å². The van der Waals surface area contributed by atoms with Gasteiger partial charge in [0.15, 0.2) is 0 Å². The predicted molar refractivity (Wildman–Crippen MR) is 105 cm³/mol. The monoisotopic (exact) mass is 399 g/mol. The van der Waals surface area contributed by atoms with Crippen molar-refractivity contribution in [1.82, 2.24) is 24.3 Å². The second kappa shape index (κ2) is 9.03. The fourth-order valence-electron chi connectivity index (χ4n) is 2.97. The maximum absolute atomic E-state index is 12.5. The SMILES string of the molecule is O=C(CSCc1cn2ccccc2n1)N1CCOC(COc2ncccn2)C1. The van der Waals surface area contributed by atoms with E-state index in [1.165, 1.54) is 0 Å². The van der Waals surface area contributed by atoms with Crippen LogP contribution in [0.3, 0.4) is 0 Å². The van der Waals surface area contributed by atoms with Crippen molar-refractivity contribution in [2.75, 3.05) is 32.1 Å². The molecule has 0 spiro atoms. The molecular formula is C19H21N5O3S. The Kier molecular flexibility index (Phi) is 6.03. The molecule has 1 atom stereocenters. The van der Waals surface area contributed by atoms with Gasteiger partial charge in [0.2, 0.25) is 5.91 Å². The van der Waals surface area contributed by atoms with Gasteiger partial charge in [-0.25, -0.2) is 15.0 Å². The molecule has 1 amide bonds. The van der Waals surface area contributed by atoms with Crippen LogP contribution in [0.4, 0.5) is 0 Å². The van der Waals surface area contributed by atoms with Gasteiger partial charge in [0.05, 0.1) is 24.6 Å². The number of rotatable bonds is 7. The van der Waals surface area contributed by atoms with Gasteiger partial charge < -0.3 is 18.8 Å². The minimum atomic E-state index is -0.176. The van der Waals surface area contributed by atoms with Crippen LogP contribution in [-0.2, 0) is 15.3 Å². The molecule has 3 aromatic heterocycles. The van der Waals surface area contributed by atoms with Gasteiger partial charge in [-0.3, -0.25) is 4.79 Å². The molecule has 9 heteroatoms. The molecule has 8 nitrogen and oxygen atoms in total. The van der Waals surface area contributed by atoms with Crippen LogP contribution < -0.4 is 4.74 Å². The van der Waals surface area contributed by atoms with Gasteiger partial charge >= 0.3 is 6.01 Å². The number of aromatic nitrogens is 4. The van der Waals surface area contributed by atoms with Crippen LogP contribution in [-0.4, -0.2) is 68.3 Å². The maximum atomic E-state index is 12.5. The Hall–Kier alpha value is -2.65. The number of ether oxygens (including phenoxy) is 2. The largest absolute Gasteiger partial charge is 0.461 e. The van der Waals surface area contributed by atoms with Crippen LogP contribution in [0.1, 0.15) is 5.69 Å². The van der Waals surface area contributed by atoms with Crippen LogP contribution in [0, 0.1) is 0 Å². The summed E-state index contributed by atoms with van der Waals surface area (Å²) in [6.45, 7) is 1.95. The summed E-state index contributed by atoms with van der Waals surface area (Å²) in [4.78, 5) is 27.0. The number of carbonyl (C=O) groups excluding carboxylic acids is 1. The summed E-state index contributed by atoms with van der Waals surface area (Å²) >= 11 is 1.58. The Balaban J connectivity index is 1.22. The molecule has 1 fully saturated rings. The summed E-state index contributed by atoms with van der Waals surface area (Å²) in [6, 6.07) is 7.95. The number of carbonyl (C=O) groups is 1. The molecule has 1 saturated heterocycles. The van der Waals surface area contributed by atoms with Gasteiger partial charge in [-0.2, -0.15) is 0 Å². The molecule has 3 aromatic rings. The number of morpholine rings is 1. The number of nitrogens with zero attached hydrogens (tertiary/aromatic N) is 5. The standard InChI is InChI=1S/C19H21N5O3S/c25-18(14-28-13-15-10-23-7-2-1-4-17(23)22-15)24-8-9-26-16(11-24)12-27-19-20-5-3-6-21-19/h1-7,10,16H,8-9,11-14H2. The average Bonchev–Trinajstić information content (AvgIpc) is 3.16.